The maximum atomic E-state index is 11.6. The van der Waals surface area contributed by atoms with Crippen LogP contribution in [0.2, 0.25) is 0 Å². The summed E-state index contributed by atoms with van der Waals surface area (Å²) in [5, 5.41) is 1.16. The highest BCUT2D eigenvalue weighted by molar-refractivity contribution is 9.10. The van der Waals surface area contributed by atoms with Crippen molar-refractivity contribution in [2.75, 3.05) is 0 Å². The van der Waals surface area contributed by atoms with Gasteiger partial charge in [0.2, 0.25) is 0 Å². The average molecular weight is 268 g/mol. The zero-order valence-corrected chi connectivity index (χ0v) is 10.0. The Labute approximate surface area is 95.0 Å². The Hall–Kier alpha value is -1.16. The molecule has 0 N–H and O–H groups in total. The highest BCUT2D eigenvalue weighted by Crippen LogP contribution is 2.20. The van der Waals surface area contributed by atoms with E-state index in [-0.39, 0.29) is 9.95 Å². The van der Waals surface area contributed by atoms with Gasteiger partial charge in [-0.2, -0.15) is 0 Å². The zero-order chi connectivity index (χ0) is 11.1. The van der Waals surface area contributed by atoms with Gasteiger partial charge in [0, 0.05) is 6.92 Å². The number of allylic oxidation sites excluding steroid dienone is 2. The molecule has 3 nitrogen and oxygen atoms in total. The number of nitrogens with zero attached hydrogens (tertiary/aromatic N) is 1. The molecule has 0 amide bonds. The van der Waals surface area contributed by atoms with Gasteiger partial charge in [-0.05, 0) is 19.1 Å². The van der Waals surface area contributed by atoms with Crippen LogP contribution in [0.1, 0.15) is 12.8 Å². The minimum absolute atomic E-state index is 0.333. The first kappa shape index (κ1) is 10.4. The van der Waals surface area contributed by atoms with Crippen molar-refractivity contribution in [3.63, 3.8) is 0 Å². The van der Waals surface area contributed by atoms with E-state index >= 15 is 0 Å². The first-order chi connectivity index (χ1) is 6.98. The van der Waals surface area contributed by atoms with Gasteiger partial charge in [-0.25, -0.2) is 9.78 Å². The molecule has 0 bridgehead atoms. The fourth-order valence-electron chi connectivity index (χ4n) is 1.46. The van der Waals surface area contributed by atoms with E-state index in [1.54, 1.807) is 13.0 Å². The van der Waals surface area contributed by atoms with Crippen LogP contribution in [0.5, 0.6) is 0 Å². The molecule has 1 aromatic heterocycles. The van der Waals surface area contributed by atoms with E-state index < -0.39 is 0 Å². The molecule has 0 saturated carbocycles. The third-order valence-electron chi connectivity index (χ3n) is 2.12. The highest BCUT2D eigenvalue weighted by Gasteiger charge is 2.14. The third kappa shape index (κ3) is 2.09. The lowest BCUT2D eigenvalue weighted by Gasteiger charge is -2.09. The van der Waals surface area contributed by atoms with Crippen LogP contribution in [0.15, 0.2) is 21.4 Å². The van der Waals surface area contributed by atoms with Crippen LogP contribution in [0.4, 0.5) is 0 Å². The molecule has 0 saturated heterocycles. The highest BCUT2D eigenvalue weighted by atomic mass is 79.9. The number of hydrogen-bond donors (Lipinski definition) is 0. The van der Waals surface area contributed by atoms with Crippen molar-refractivity contribution < 1.29 is 4.42 Å². The number of alkyl halides is 1. The van der Waals surface area contributed by atoms with Crippen LogP contribution in [0.25, 0.3) is 12.2 Å². The summed E-state index contributed by atoms with van der Waals surface area (Å²) >= 11 is 3.49. The predicted molar refractivity (Wildman–Crippen MR) is 62.2 cm³/mol. The molecule has 0 radical (unpaired) electrons. The monoisotopic (exact) mass is 267 g/mol. The number of halogens is 1. The van der Waals surface area contributed by atoms with Gasteiger partial charge in [-0.3, -0.25) is 0 Å². The second-order valence-electron chi connectivity index (χ2n) is 3.64. The fourth-order valence-corrected chi connectivity index (χ4v) is 1.85. The van der Waals surface area contributed by atoms with E-state index in [2.05, 4.69) is 20.9 Å². The third-order valence-corrected chi connectivity index (χ3v) is 2.61. The number of hydrogen-bond acceptors (Lipinski definition) is 3. The van der Waals surface area contributed by atoms with Gasteiger partial charge in [-0.1, -0.05) is 28.1 Å². The van der Waals surface area contributed by atoms with E-state index in [1.807, 2.05) is 25.2 Å². The largest absolute Gasteiger partial charge is 0.408 e. The standard InChI is InChI=1S/C11H10BrNO2/c1-7-13-9-4-3-5-11(2,12)6-8(9)10(14)15-7/h3-6H,1-2H3. The summed E-state index contributed by atoms with van der Waals surface area (Å²) in [6, 6.07) is 0. The summed E-state index contributed by atoms with van der Waals surface area (Å²) in [6.07, 6.45) is 7.44. The van der Waals surface area contributed by atoms with Crippen molar-refractivity contribution >= 4 is 28.1 Å². The molecule has 1 unspecified atom stereocenters. The number of fused-ring (bicyclic) bond motifs is 1. The summed E-state index contributed by atoms with van der Waals surface area (Å²) in [7, 11) is 0. The molecular weight excluding hydrogens is 258 g/mol. The van der Waals surface area contributed by atoms with Gasteiger partial charge >= 0.3 is 5.63 Å². The molecule has 0 aliphatic heterocycles. The van der Waals surface area contributed by atoms with Gasteiger partial charge in [0.25, 0.3) is 0 Å². The molecular formula is C11H10BrNO2. The van der Waals surface area contributed by atoms with Gasteiger partial charge in [-0.15, -0.1) is 0 Å². The van der Waals surface area contributed by atoms with E-state index in [0.717, 1.165) is 0 Å². The Morgan fingerprint density at radius 3 is 3.00 bits per heavy atom. The van der Waals surface area contributed by atoms with E-state index in [9.17, 15) is 4.79 Å². The molecule has 78 valence electrons. The summed E-state index contributed by atoms with van der Waals surface area (Å²) < 4.78 is 4.62. The van der Waals surface area contributed by atoms with Crippen molar-refractivity contribution in [3.05, 3.63) is 39.0 Å². The maximum absolute atomic E-state index is 11.6. The van der Waals surface area contributed by atoms with Crippen LogP contribution < -0.4 is 16.2 Å². The number of aromatic nitrogens is 1. The van der Waals surface area contributed by atoms with Crippen LogP contribution >= 0.6 is 15.9 Å². The molecule has 1 heterocycles. The van der Waals surface area contributed by atoms with Crippen molar-refractivity contribution in [1.82, 2.24) is 4.98 Å². The van der Waals surface area contributed by atoms with Crippen LogP contribution in [0.3, 0.4) is 0 Å². The first-order valence-corrected chi connectivity index (χ1v) is 5.36. The molecule has 1 aromatic rings. The van der Waals surface area contributed by atoms with Gasteiger partial charge in [0.1, 0.15) is 0 Å². The van der Waals surface area contributed by atoms with Gasteiger partial charge < -0.3 is 4.42 Å². The normalized spacial score (nSPS) is 23.7. The molecule has 1 aliphatic carbocycles. The SMILES string of the molecule is Cc1nc2c(c(=O)o1)=CC(C)(Br)C=CC=2. The Morgan fingerprint density at radius 2 is 2.27 bits per heavy atom. The summed E-state index contributed by atoms with van der Waals surface area (Å²) in [5.74, 6) is 0.384. The minimum Gasteiger partial charge on any atom is -0.408 e. The minimum atomic E-state index is -0.344. The summed E-state index contributed by atoms with van der Waals surface area (Å²) in [6.45, 7) is 3.61. The molecule has 15 heavy (non-hydrogen) atoms. The first-order valence-electron chi connectivity index (χ1n) is 4.57. The lowest BCUT2D eigenvalue weighted by Crippen LogP contribution is -2.42. The van der Waals surface area contributed by atoms with Gasteiger partial charge in [0.15, 0.2) is 5.89 Å². The summed E-state index contributed by atoms with van der Waals surface area (Å²) in [5.41, 5.74) is -0.344. The number of aryl methyl sites for hydroxylation is 1. The maximum Gasteiger partial charge on any atom is 0.346 e. The van der Waals surface area contributed by atoms with E-state index in [0.29, 0.717) is 16.5 Å². The lowest BCUT2D eigenvalue weighted by atomic mass is 10.1. The van der Waals surface area contributed by atoms with Crippen LogP contribution in [0, 0.1) is 6.92 Å². The Balaban J connectivity index is 2.92. The second-order valence-corrected chi connectivity index (χ2v) is 5.35. The van der Waals surface area contributed by atoms with E-state index in [4.69, 9.17) is 4.42 Å². The Morgan fingerprint density at radius 1 is 1.53 bits per heavy atom. The van der Waals surface area contributed by atoms with Crippen molar-refractivity contribution in [3.8, 4) is 0 Å². The van der Waals surface area contributed by atoms with Crippen molar-refractivity contribution in [1.29, 1.82) is 0 Å². The molecule has 0 spiro atoms. The summed E-state index contributed by atoms with van der Waals surface area (Å²) in [4.78, 5) is 15.8. The number of rotatable bonds is 0. The van der Waals surface area contributed by atoms with Crippen molar-refractivity contribution in [2.24, 2.45) is 0 Å². The molecule has 1 aliphatic rings. The smallest absolute Gasteiger partial charge is 0.346 e. The zero-order valence-electron chi connectivity index (χ0n) is 8.45. The quantitative estimate of drug-likeness (QED) is 0.648. The average Bonchev–Trinajstić information content (AvgIpc) is 2.23. The molecule has 0 fully saturated rings. The second kappa shape index (κ2) is 3.45. The Kier molecular flexibility index (Phi) is 2.38. The topological polar surface area (TPSA) is 43.1 Å². The Bertz CT molecular complexity index is 596. The van der Waals surface area contributed by atoms with Gasteiger partial charge in [0.05, 0.1) is 14.9 Å². The molecule has 0 aromatic carbocycles. The van der Waals surface area contributed by atoms with Crippen LogP contribution in [-0.4, -0.2) is 9.31 Å². The molecule has 1 atom stereocenters. The van der Waals surface area contributed by atoms with Crippen LogP contribution in [-0.2, 0) is 0 Å². The fraction of sp³-hybridized carbons (Fsp3) is 0.273. The lowest BCUT2D eigenvalue weighted by molar-refractivity contribution is 0.447. The van der Waals surface area contributed by atoms with Crippen molar-refractivity contribution in [2.45, 2.75) is 18.2 Å². The predicted octanol–water partition coefficient (Wildman–Crippen LogP) is 0.628. The van der Waals surface area contributed by atoms with E-state index in [1.165, 1.54) is 0 Å². The molecule has 4 heteroatoms. The molecule has 2 rings (SSSR count).